The number of halogens is 2. The summed E-state index contributed by atoms with van der Waals surface area (Å²) in [5.41, 5.74) is 4.27. The van der Waals surface area contributed by atoms with Gasteiger partial charge in [0.25, 0.3) is 0 Å². The van der Waals surface area contributed by atoms with Crippen molar-refractivity contribution in [3.8, 4) is 11.5 Å². The maximum Gasteiger partial charge on any atom is 0.345 e. The first-order valence-corrected chi connectivity index (χ1v) is 11.3. The third-order valence-corrected chi connectivity index (χ3v) is 5.72. The van der Waals surface area contributed by atoms with Gasteiger partial charge in [-0.2, -0.15) is 5.10 Å². The van der Waals surface area contributed by atoms with E-state index in [1.165, 1.54) is 25.5 Å². The molecule has 1 amide bonds. The molecule has 8 heteroatoms. The molecular formula is C27H20Cl2N2O4. The molecule has 0 aliphatic rings. The van der Waals surface area contributed by atoms with Crippen LogP contribution in [0.2, 0.25) is 10.0 Å². The van der Waals surface area contributed by atoms with Crippen LogP contribution < -0.4 is 14.9 Å². The van der Waals surface area contributed by atoms with Crippen LogP contribution in [-0.4, -0.2) is 25.2 Å². The molecule has 0 aromatic heterocycles. The number of carbonyl (C=O) groups is 2. The zero-order valence-corrected chi connectivity index (χ0v) is 20.1. The molecule has 176 valence electrons. The summed E-state index contributed by atoms with van der Waals surface area (Å²) in [5.74, 6) is -0.364. The molecule has 4 aromatic carbocycles. The standard InChI is InChI=1S/C27H20Cl2N2O4/c1-34-25-13-17(9-12-24(25)35-27(33)22-11-10-20(28)15-23(22)29)16-30-31-26(32)14-19-7-4-6-18-5-2-3-8-21(18)19/h2-13,15-16H,14H2,1H3,(H,31,32)/b30-16+. The number of amides is 1. The van der Waals surface area contributed by atoms with E-state index in [0.717, 1.165) is 16.3 Å². The summed E-state index contributed by atoms with van der Waals surface area (Å²) in [4.78, 5) is 24.9. The maximum atomic E-state index is 12.5. The van der Waals surface area contributed by atoms with E-state index in [9.17, 15) is 9.59 Å². The van der Waals surface area contributed by atoms with Crippen molar-refractivity contribution in [1.82, 2.24) is 5.43 Å². The smallest absolute Gasteiger partial charge is 0.345 e. The molecule has 4 aromatic rings. The lowest BCUT2D eigenvalue weighted by molar-refractivity contribution is -0.120. The van der Waals surface area contributed by atoms with Crippen molar-refractivity contribution in [2.45, 2.75) is 6.42 Å². The summed E-state index contributed by atoms with van der Waals surface area (Å²) < 4.78 is 10.8. The number of fused-ring (bicyclic) bond motifs is 1. The van der Waals surface area contributed by atoms with Gasteiger partial charge in [0.2, 0.25) is 5.91 Å². The second kappa shape index (κ2) is 11.0. The number of methoxy groups -OCH3 is 1. The van der Waals surface area contributed by atoms with E-state index in [0.29, 0.717) is 16.3 Å². The quantitative estimate of drug-likeness (QED) is 0.143. The van der Waals surface area contributed by atoms with Gasteiger partial charge in [0, 0.05) is 5.02 Å². The number of carbonyl (C=O) groups excluding carboxylic acids is 2. The molecule has 0 spiro atoms. The first kappa shape index (κ1) is 24.3. The molecule has 0 aliphatic carbocycles. The summed E-state index contributed by atoms with van der Waals surface area (Å²) in [7, 11) is 1.45. The Hall–Kier alpha value is -3.87. The minimum Gasteiger partial charge on any atom is -0.493 e. The Balaban J connectivity index is 1.41. The minimum absolute atomic E-state index is 0.178. The van der Waals surface area contributed by atoms with Gasteiger partial charge in [-0.05, 0) is 58.3 Å². The van der Waals surface area contributed by atoms with Crippen LogP contribution in [0, 0.1) is 0 Å². The summed E-state index contributed by atoms with van der Waals surface area (Å²) in [6.07, 6.45) is 1.68. The first-order valence-electron chi connectivity index (χ1n) is 10.6. The first-order chi connectivity index (χ1) is 16.9. The van der Waals surface area contributed by atoms with Gasteiger partial charge in [0.15, 0.2) is 11.5 Å². The number of hydrogen-bond acceptors (Lipinski definition) is 5. The van der Waals surface area contributed by atoms with Crippen LogP contribution in [0.25, 0.3) is 10.8 Å². The van der Waals surface area contributed by atoms with Crippen molar-refractivity contribution in [1.29, 1.82) is 0 Å². The highest BCUT2D eigenvalue weighted by molar-refractivity contribution is 6.36. The van der Waals surface area contributed by atoms with Crippen LogP contribution in [0.3, 0.4) is 0 Å². The Bertz CT molecular complexity index is 1430. The fourth-order valence-corrected chi connectivity index (χ4v) is 3.98. The molecule has 4 rings (SSSR count). The predicted octanol–water partition coefficient (Wildman–Crippen LogP) is 6.07. The zero-order chi connectivity index (χ0) is 24.8. The number of nitrogens with one attached hydrogen (secondary N) is 1. The number of ether oxygens (including phenoxy) is 2. The van der Waals surface area contributed by atoms with E-state index in [2.05, 4.69) is 10.5 Å². The molecule has 0 radical (unpaired) electrons. The van der Waals surface area contributed by atoms with Crippen molar-refractivity contribution in [2.75, 3.05) is 7.11 Å². The van der Waals surface area contributed by atoms with Gasteiger partial charge >= 0.3 is 5.97 Å². The number of rotatable bonds is 7. The van der Waals surface area contributed by atoms with Crippen LogP contribution in [0.5, 0.6) is 11.5 Å². The lowest BCUT2D eigenvalue weighted by Crippen LogP contribution is -2.19. The number of nitrogens with zero attached hydrogens (tertiary/aromatic N) is 1. The number of esters is 1. The molecular weight excluding hydrogens is 487 g/mol. The van der Waals surface area contributed by atoms with Crippen molar-refractivity contribution in [3.05, 3.63) is 106 Å². The molecule has 0 heterocycles. The second-order valence-corrected chi connectivity index (χ2v) is 8.38. The summed E-state index contributed by atoms with van der Waals surface area (Å²) in [6, 6.07) is 23.1. The second-order valence-electron chi connectivity index (χ2n) is 7.53. The van der Waals surface area contributed by atoms with Crippen molar-refractivity contribution < 1.29 is 19.1 Å². The topological polar surface area (TPSA) is 77.0 Å². The highest BCUT2D eigenvalue weighted by Gasteiger charge is 2.16. The average molecular weight is 507 g/mol. The molecule has 0 saturated carbocycles. The molecule has 0 fully saturated rings. The molecule has 0 bridgehead atoms. The van der Waals surface area contributed by atoms with Crippen molar-refractivity contribution >= 4 is 52.1 Å². The molecule has 35 heavy (non-hydrogen) atoms. The van der Waals surface area contributed by atoms with Gasteiger partial charge in [-0.25, -0.2) is 10.2 Å². The normalized spacial score (nSPS) is 10.9. The third-order valence-electron chi connectivity index (χ3n) is 5.18. The Morgan fingerprint density at radius 3 is 2.54 bits per heavy atom. The minimum atomic E-state index is -0.646. The average Bonchev–Trinajstić information content (AvgIpc) is 2.85. The summed E-state index contributed by atoms with van der Waals surface area (Å²) in [5, 5.41) is 6.74. The van der Waals surface area contributed by atoms with Crippen LogP contribution in [0.4, 0.5) is 0 Å². The van der Waals surface area contributed by atoms with Gasteiger partial charge in [0.1, 0.15) is 0 Å². The van der Waals surface area contributed by atoms with Gasteiger partial charge < -0.3 is 9.47 Å². The van der Waals surface area contributed by atoms with E-state index in [4.69, 9.17) is 32.7 Å². The Labute approximate surface area is 212 Å². The van der Waals surface area contributed by atoms with E-state index in [1.54, 1.807) is 24.3 Å². The number of hydrazone groups is 1. The van der Waals surface area contributed by atoms with Crippen molar-refractivity contribution in [2.24, 2.45) is 5.10 Å². The highest BCUT2D eigenvalue weighted by Crippen LogP contribution is 2.30. The lowest BCUT2D eigenvalue weighted by Gasteiger charge is -2.10. The predicted molar refractivity (Wildman–Crippen MR) is 138 cm³/mol. The van der Waals surface area contributed by atoms with Gasteiger partial charge in [-0.15, -0.1) is 0 Å². The van der Waals surface area contributed by atoms with E-state index in [-0.39, 0.29) is 28.7 Å². The molecule has 0 aliphatic heterocycles. The zero-order valence-electron chi connectivity index (χ0n) is 18.6. The molecule has 0 unspecified atom stereocenters. The highest BCUT2D eigenvalue weighted by atomic mass is 35.5. The number of hydrogen-bond donors (Lipinski definition) is 1. The Morgan fingerprint density at radius 2 is 1.74 bits per heavy atom. The number of benzene rings is 4. The molecule has 1 N–H and O–H groups in total. The molecule has 0 saturated heterocycles. The van der Waals surface area contributed by atoms with Gasteiger partial charge in [0.05, 0.1) is 30.3 Å². The maximum absolute atomic E-state index is 12.5. The molecule has 6 nitrogen and oxygen atoms in total. The van der Waals surface area contributed by atoms with Crippen LogP contribution in [0.1, 0.15) is 21.5 Å². The van der Waals surface area contributed by atoms with E-state index in [1.807, 2.05) is 42.5 Å². The van der Waals surface area contributed by atoms with E-state index < -0.39 is 5.97 Å². The third kappa shape index (κ3) is 5.98. The summed E-state index contributed by atoms with van der Waals surface area (Å²) >= 11 is 12.0. The van der Waals surface area contributed by atoms with Gasteiger partial charge in [-0.1, -0.05) is 65.7 Å². The van der Waals surface area contributed by atoms with Crippen LogP contribution in [-0.2, 0) is 11.2 Å². The van der Waals surface area contributed by atoms with Crippen LogP contribution >= 0.6 is 23.2 Å². The van der Waals surface area contributed by atoms with Crippen molar-refractivity contribution in [3.63, 3.8) is 0 Å². The van der Waals surface area contributed by atoms with Crippen LogP contribution in [0.15, 0.2) is 84.0 Å². The fourth-order valence-electron chi connectivity index (χ4n) is 3.50. The Kier molecular flexibility index (Phi) is 7.65. The fraction of sp³-hybridized carbons (Fsp3) is 0.0741. The molecule has 0 atom stereocenters. The largest absolute Gasteiger partial charge is 0.493 e. The SMILES string of the molecule is COc1cc(/C=N/NC(=O)Cc2cccc3ccccc23)ccc1OC(=O)c1ccc(Cl)cc1Cl. The monoisotopic (exact) mass is 506 g/mol. The summed E-state index contributed by atoms with van der Waals surface area (Å²) in [6.45, 7) is 0. The van der Waals surface area contributed by atoms with E-state index >= 15 is 0 Å². The lowest BCUT2D eigenvalue weighted by atomic mass is 10.0. The Morgan fingerprint density at radius 1 is 0.943 bits per heavy atom. The van der Waals surface area contributed by atoms with Gasteiger partial charge in [-0.3, -0.25) is 4.79 Å².